The first-order valence-electron chi connectivity index (χ1n) is 10.1. The van der Waals surface area contributed by atoms with Crippen molar-refractivity contribution in [2.75, 3.05) is 0 Å². The van der Waals surface area contributed by atoms with Crippen molar-refractivity contribution in [3.05, 3.63) is 104 Å². The molecule has 0 radical (unpaired) electrons. The number of pyridine rings is 1. The van der Waals surface area contributed by atoms with Crippen LogP contribution < -0.4 is 10.3 Å². The average molecular weight is 492 g/mol. The fourth-order valence-electron chi connectivity index (χ4n) is 3.43. The maximum Gasteiger partial charge on any atom is 0.269 e. The molecular weight excluding hydrogens is 474 g/mol. The molecule has 0 aliphatic carbocycles. The Balaban J connectivity index is 1.94. The third-order valence-corrected chi connectivity index (χ3v) is 6.88. The Kier molecular flexibility index (Phi) is 6.24. The van der Waals surface area contributed by atoms with Gasteiger partial charge in [0.2, 0.25) is 15.7 Å². The van der Waals surface area contributed by atoms with Gasteiger partial charge in [-0.25, -0.2) is 8.42 Å². The van der Waals surface area contributed by atoms with E-state index < -0.39 is 20.3 Å². The maximum atomic E-state index is 13.3. The Morgan fingerprint density at radius 1 is 1.09 bits per heavy atom. The van der Waals surface area contributed by atoms with Crippen LogP contribution in [0, 0.1) is 25.2 Å². The number of nitrogens with zero attached hydrogens (tertiary/aromatic N) is 3. The Morgan fingerprint density at radius 3 is 2.41 bits per heavy atom. The highest BCUT2D eigenvalue weighted by atomic mass is 35.5. The van der Waals surface area contributed by atoms with Crippen LogP contribution in [0.5, 0.6) is 11.6 Å². The van der Waals surface area contributed by atoms with Gasteiger partial charge >= 0.3 is 0 Å². The first-order valence-corrected chi connectivity index (χ1v) is 11.9. The number of allylic oxidation sites excluding steroid dienone is 1. The number of aromatic nitrogens is 2. The van der Waals surface area contributed by atoms with Gasteiger partial charge in [-0.2, -0.15) is 10.2 Å². The van der Waals surface area contributed by atoms with Crippen molar-refractivity contribution in [2.24, 2.45) is 0 Å². The van der Waals surface area contributed by atoms with Crippen LogP contribution in [0.3, 0.4) is 0 Å². The van der Waals surface area contributed by atoms with Crippen LogP contribution in [0.25, 0.3) is 11.7 Å². The Bertz CT molecular complexity index is 1630. The molecule has 0 aliphatic heterocycles. The molecule has 0 fully saturated rings. The van der Waals surface area contributed by atoms with Crippen LogP contribution in [-0.4, -0.2) is 17.8 Å². The monoisotopic (exact) mass is 491 g/mol. The van der Waals surface area contributed by atoms with Gasteiger partial charge in [0.05, 0.1) is 4.90 Å². The minimum Gasteiger partial charge on any atom is -0.438 e. The number of rotatable bonds is 5. The van der Waals surface area contributed by atoms with Crippen molar-refractivity contribution in [1.82, 2.24) is 9.38 Å². The molecule has 0 amide bonds. The molecule has 0 saturated heterocycles. The van der Waals surface area contributed by atoms with Crippen LogP contribution in [0.15, 0.2) is 81.5 Å². The van der Waals surface area contributed by atoms with Gasteiger partial charge in [-0.3, -0.25) is 9.20 Å². The summed E-state index contributed by atoms with van der Waals surface area (Å²) in [5, 5.41) is 10.1. The van der Waals surface area contributed by atoms with E-state index in [1.54, 1.807) is 36.4 Å². The van der Waals surface area contributed by atoms with Gasteiger partial charge in [0.25, 0.3) is 5.56 Å². The first-order chi connectivity index (χ1) is 16.2. The third kappa shape index (κ3) is 4.57. The van der Waals surface area contributed by atoms with E-state index in [2.05, 4.69) is 4.98 Å². The first kappa shape index (κ1) is 23.2. The van der Waals surface area contributed by atoms with Gasteiger partial charge in [-0.05, 0) is 79.6 Å². The molecule has 4 aromatic rings. The molecule has 0 spiro atoms. The summed E-state index contributed by atoms with van der Waals surface area (Å²) in [5.74, 6) is 0.318. The van der Waals surface area contributed by atoms with E-state index >= 15 is 0 Å². The van der Waals surface area contributed by atoms with E-state index in [0.29, 0.717) is 16.4 Å². The third-order valence-electron chi connectivity index (χ3n) is 4.94. The van der Waals surface area contributed by atoms with Gasteiger partial charge < -0.3 is 4.74 Å². The smallest absolute Gasteiger partial charge is 0.269 e. The minimum absolute atomic E-state index is 0.111. The number of hydrogen-bond donors (Lipinski definition) is 0. The normalized spacial score (nSPS) is 11.9. The van der Waals surface area contributed by atoms with Crippen LogP contribution in [-0.2, 0) is 9.84 Å². The van der Waals surface area contributed by atoms with E-state index in [9.17, 15) is 18.5 Å². The molecule has 0 bridgehead atoms. The summed E-state index contributed by atoms with van der Waals surface area (Å²) in [4.78, 5) is 17.0. The zero-order valence-electron chi connectivity index (χ0n) is 18.2. The number of nitriles is 1. The molecular formula is C25H18ClN3O4S. The molecule has 2 aromatic heterocycles. The Morgan fingerprint density at radius 2 is 1.76 bits per heavy atom. The van der Waals surface area contributed by atoms with Crippen molar-refractivity contribution < 1.29 is 13.2 Å². The molecule has 9 heteroatoms. The molecule has 170 valence electrons. The fraction of sp³-hybridized carbons (Fsp3) is 0.0800. The Labute approximate surface area is 201 Å². The summed E-state index contributed by atoms with van der Waals surface area (Å²) in [7, 11) is -4.23. The van der Waals surface area contributed by atoms with Gasteiger partial charge in [0.15, 0.2) is 0 Å². The highest BCUT2D eigenvalue weighted by Gasteiger charge is 2.23. The van der Waals surface area contributed by atoms with Crippen molar-refractivity contribution in [3.63, 3.8) is 0 Å². The minimum atomic E-state index is -4.23. The molecule has 34 heavy (non-hydrogen) atoms. The van der Waals surface area contributed by atoms with Crippen LogP contribution in [0.2, 0.25) is 5.02 Å². The summed E-state index contributed by atoms with van der Waals surface area (Å²) in [5.41, 5.74) is 1.43. The van der Waals surface area contributed by atoms with Gasteiger partial charge in [0.1, 0.15) is 27.9 Å². The zero-order chi connectivity index (χ0) is 24.5. The van der Waals surface area contributed by atoms with Crippen molar-refractivity contribution in [2.45, 2.75) is 18.7 Å². The van der Waals surface area contributed by atoms with Gasteiger partial charge in [-0.15, -0.1) is 0 Å². The lowest BCUT2D eigenvalue weighted by atomic mass is 10.1. The van der Waals surface area contributed by atoms with Crippen molar-refractivity contribution in [1.29, 1.82) is 5.26 Å². The van der Waals surface area contributed by atoms with Gasteiger partial charge in [0, 0.05) is 11.2 Å². The SMILES string of the molecule is Cc1cc(C)cc(Oc2nc3ccccn3c(=O)c2C=C(C#N)S(=O)(=O)c2ccc(Cl)cc2)c1. The second-order valence-electron chi connectivity index (χ2n) is 7.57. The van der Waals surface area contributed by atoms with Gasteiger partial charge in [-0.1, -0.05) is 23.7 Å². The van der Waals surface area contributed by atoms with Crippen molar-refractivity contribution in [3.8, 4) is 17.7 Å². The summed E-state index contributed by atoms with van der Waals surface area (Å²) in [6.07, 6.45) is 2.50. The Hall–Kier alpha value is -3.93. The quantitative estimate of drug-likeness (QED) is 0.360. The number of fused-ring (bicyclic) bond motifs is 1. The number of sulfone groups is 1. The summed E-state index contributed by atoms with van der Waals surface area (Å²) >= 11 is 5.86. The second kappa shape index (κ2) is 9.14. The molecule has 0 atom stereocenters. The maximum absolute atomic E-state index is 13.3. The van der Waals surface area contributed by atoms with E-state index in [0.717, 1.165) is 17.2 Å². The van der Waals surface area contributed by atoms with E-state index in [1.165, 1.54) is 34.9 Å². The lowest BCUT2D eigenvalue weighted by Gasteiger charge is -2.11. The summed E-state index contributed by atoms with van der Waals surface area (Å²) < 4.78 is 33.4. The number of hydrogen-bond acceptors (Lipinski definition) is 6. The molecule has 0 aliphatic rings. The zero-order valence-corrected chi connectivity index (χ0v) is 19.8. The number of halogens is 1. The standard InChI is InChI=1S/C25H18ClN3O4S/c1-16-11-17(2)13-19(12-16)33-24-22(25(30)29-10-4-3-5-23(29)28-24)14-21(15-27)34(31,32)20-8-6-18(26)7-9-20/h3-14H,1-2H3. The van der Waals surface area contributed by atoms with Crippen LogP contribution >= 0.6 is 11.6 Å². The largest absolute Gasteiger partial charge is 0.438 e. The topological polar surface area (TPSA) is 102 Å². The highest BCUT2D eigenvalue weighted by molar-refractivity contribution is 7.95. The number of ether oxygens (including phenoxy) is 1. The lowest BCUT2D eigenvalue weighted by Crippen LogP contribution is -2.19. The lowest BCUT2D eigenvalue weighted by molar-refractivity contribution is 0.460. The molecule has 2 heterocycles. The second-order valence-corrected chi connectivity index (χ2v) is 9.92. The van der Waals surface area contributed by atoms with E-state index in [1.807, 2.05) is 19.9 Å². The molecule has 0 N–H and O–H groups in total. The average Bonchev–Trinajstić information content (AvgIpc) is 2.78. The molecule has 0 saturated carbocycles. The molecule has 2 aromatic carbocycles. The predicted molar refractivity (Wildman–Crippen MR) is 130 cm³/mol. The number of benzene rings is 2. The van der Waals surface area contributed by atoms with E-state index in [-0.39, 0.29) is 16.3 Å². The van der Waals surface area contributed by atoms with E-state index in [4.69, 9.17) is 16.3 Å². The van der Waals surface area contributed by atoms with Crippen molar-refractivity contribution >= 4 is 33.2 Å². The molecule has 4 rings (SSSR count). The predicted octanol–water partition coefficient (Wildman–Crippen LogP) is 5.10. The molecule has 0 unspecified atom stereocenters. The molecule has 7 nitrogen and oxygen atoms in total. The number of aryl methyl sites for hydroxylation is 2. The van der Waals surface area contributed by atoms with Crippen LogP contribution in [0.4, 0.5) is 0 Å². The highest BCUT2D eigenvalue weighted by Crippen LogP contribution is 2.28. The van der Waals surface area contributed by atoms with Crippen LogP contribution in [0.1, 0.15) is 16.7 Å². The summed E-state index contributed by atoms with van der Waals surface area (Å²) in [6.45, 7) is 3.80. The fourth-order valence-corrected chi connectivity index (χ4v) is 4.70. The summed E-state index contributed by atoms with van der Waals surface area (Å²) in [6, 6.07) is 17.6.